The van der Waals surface area contributed by atoms with E-state index in [9.17, 15) is 0 Å². The Balaban J connectivity index is 2.37. The van der Waals surface area contributed by atoms with Crippen LogP contribution in [0.2, 0.25) is 0 Å². The van der Waals surface area contributed by atoms with Gasteiger partial charge >= 0.3 is 0 Å². The lowest BCUT2D eigenvalue weighted by atomic mass is 10.2. The number of hydrogen-bond donors (Lipinski definition) is 1. The summed E-state index contributed by atoms with van der Waals surface area (Å²) in [6, 6.07) is 4.28. The monoisotopic (exact) mass is 235 g/mol. The van der Waals surface area contributed by atoms with Crippen molar-refractivity contribution >= 4 is 0 Å². The van der Waals surface area contributed by atoms with Gasteiger partial charge in [-0.1, -0.05) is 13.0 Å². The minimum absolute atomic E-state index is 0.979. The van der Waals surface area contributed by atoms with Gasteiger partial charge in [-0.05, 0) is 45.5 Å². The summed E-state index contributed by atoms with van der Waals surface area (Å²) in [6.07, 6.45) is 1.20. The first-order valence-corrected chi connectivity index (χ1v) is 6.46. The number of nitrogens with one attached hydrogen (secondary N) is 1. The van der Waals surface area contributed by atoms with Gasteiger partial charge in [0.25, 0.3) is 0 Å². The summed E-state index contributed by atoms with van der Waals surface area (Å²) in [6.45, 7) is 10.5. The fourth-order valence-corrected chi connectivity index (χ4v) is 1.82. The number of likely N-dealkylation sites (N-methyl/N-ethyl adjacent to an activating group) is 1. The molecule has 0 saturated carbocycles. The summed E-state index contributed by atoms with van der Waals surface area (Å²) in [7, 11) is 2.16. The summed E-state index contributed by atoms with van der Waals surface area (Å²) in [5.41, 5.74) is 3.57. The molecule has 0 aliphatic rings. The van der Waals surface area contributed by atoms with Crippen molar-refractivity contribution in [3.8, 4) is 0 Å². The Hall–Kier alpha value is -0.930. The van der Waals surface area contributed by atoms with Crippen molar-refractivity contribution < 1.29 is 0 Å². The van der Waals surface area contributed by atoms with Gasteiger partial charge in [0.05, 0.1) is 0 Å². The van der Waals surface area contributed by atoms with E-state index in [1.54, 1.807) is 0 Å². The number of rotatable bonds is 7. The Labute approximate surface area is 105 Å². The van der Waals surface area contributed by atoms with Crippen LogP contribution >= 0.6 is 0 Å². The van der Waals surface area contributed by atoms with Crippen LogP contribution in [0.25, 0.3) is 0 Å². The van der Waals surface area contributed by atoms with Gasteiger partial charge in [0.2, 0.25) is 0 Å². The van der Waals surface area contributed by atoms with Crippen LogP contribution in [-0.4, -0.2) is 36.6 Å². The van der Waals surface area contributed by atoms with Crippen LogP contribution in [0.1, 0.15) is 30.3 Å². The summed E-state index contributed by atoms with van der Waals surface area (Å²) >= 11 is 0. The van der Waals surface area contributed by atoms with Gasteiger partial charge in [-0.3, -0.25) is 4.98 Å². The topological polar surface area (TPSA) is 28.2 Å². The predicted molar refractivity (Wildman–Crippen MR) is 73.2 cm³/mol. The summed E-state index contributed by atoms with van der Waals surface area (Å²) in [5, 5.41) is 3.42. The summed E-state index contributed by atoms with van der Waals surface area (Å²) in [5.74, 6) is 0. The fraction of sp³-hybridized carbons (Fsp3) is 0.643. The van der Waals surface area contributed by atoms with E-state index in [0.717, 1.165) is 37.6 Å². The normalized spacial score (nSPS) is 11.1. The third-order valence-corrected chi connectivity index (χ3v) is 2.87. The zero-order valence-electron chi connectivity index (χ0n) is 11.6. The van der Waals surface area contributed by atoms with Crippen molar-refractivity contribution in [1.82, 2.24) is 15.2 Å². The molecule has 1 N–H and O–H groups in total. The van der Waals surface area contributed by atoms with Gasteiger partial charge in [0.1, 0.15) is 0 Å². The van der Waals surface area contributed by atoms with Crippen molar-refractivity contribution in [2.45, 2.75) is 33.7 Å². The largest absolute Gasteiger partial charge is 0.315 e. The second kappa shape index (κ2) is 7.41. The van der Waals surface area contributed by atoms with E-state index in [1.807, 2.05) is 6.92 Å². The van der Waals surface area contributed by atoms with Gasteiger partial charge in [-0.25, -0.2) is 0 Å². The third kappa shape index (κ3) is 5.29. The van der Waals surface area contributed by atoms with Crippen molar-refractivity contribution in [3.05, 3.63) is 29.1 Å². The van der Waals surface area contributed by atoms with Gasteiger partial charge < -0.3 is 10.2 Å². The lowest BCUT2D eigenvalue weighted by Gasteiger charge is -2.18. The van der Waals surface area contributed by atoms with Crippen LogP contribution in [-0.2, 0) is 6.54 Å². The molecule has 1 rings (SSSR count). The molecule has 0 saturated heterocycles. The second-order valence-electron chi connectivity index (χ2n) is 4.68. The standard InChI is InChI=1S/C14H25N3/c1-5-8-15-9-10-17(4)11-14-7-6-12(2)16-13(14)3/h6-7,15H,5,8-11H2,1-4H3. The second-order valence-corrected chi connectivity index (χ2v) is 4.68. The average Bonchev–Trinajstić information content (AvgIpc) is 2.28. The van der Waals surface area contributed by atoms with Crippen LogP contribution in [0.4, 0.5) is 0 Å². The third-order valence-electron chi connectivity index (χ3n) is 2.87. The van der Waals surface area contributed by atoms with Gasteiger partial charge in [0, 0.05) is 31.0 Å². The lowest BCUT2D eigenvalue weighted by molar-refractivity contribution is 0.323. The van der Waals surface area contributed by atoms with E-state index >= 15 is 0 Å². The molecule has 3 heteroatoms. The Kier molecular flexibility index (Phi) is 6.16. The van der Waals surface area contributed by atoms with Gasteiger partial charge in [0.15, 0.2) is 0 Å². The van der Waals surface area contributed by atoms with Crippen molar-refractivity contribution in [1.29, 1.82) is 0 Å². The highest BCUT2D eigenvalue weighted by atomic mass is 15.1. The first-order chi connectivity index (χ1) is 8.13. The molecule has 0 radical (unpaired) electrons. The maximum Gasteiger partial charge on any atom is 0.0420 e. The molecule has 96 valence electrons. The highest BCUT2D eigenvalue weighted by Gasteiger charge is 2.03. The molecule has 3 nitrogen and oxygen atoms in total. The molecule has 1 heterocycles. The number of aryl methyl sites for hydroxylation is 2. The van der Waals surface area contributed by atoms with E-state index in [1.165, 1.54) is 12.0 Å². The van der Waals surface area contributed by atoms with Crippen LogP contribution in [0, 0.1) is 13.8 Å². The molecule has 0 amide bonds. The van der Waals surface area contributed by atoms with Crippen LogP contribution in [0.15, 0.2) is 12.1 Å². The van der Waals surface area contributed by atoms with Crippen LogP contribution < -0.4 is 5.32 Å². The average molecular weight is 235 g/mol. The molecule has 0 aliphatic heterocycles. The molecule has 0 aliphatic carbocycles. The molecule has 0 atom stereocenters. The van der Waals surface area contributed by atoms with E-state index in [0.29, 0.717) is 0 Å². The number of hydrogen-bond acceptors (Lipinski definition) is 3. The number of nitrogens with zero attached hydrogens (tertiary/aromatic N) is 2. The molecule has 0 aromatic carbocycles. The van der Waals surface area contributed by atoms with E-state index in [2.05, 4.69) is 48.2 Å². The highest BCUT2D eigenvalue weighted by Crippen LogP contribution is 2.08. The van der Waals surface area contributed by atoms with Gasteiger partial charge in [-0.2, -0.15) is 0 Å². The molecule has 1 aromatic rings. The van der Waals surface area contributed by atoms with Crippen molar-refractivity contribution in [2.75, 3.05) is 26.7 Å². The molecule has 1 aromatic heterocycles. The van der Waals surface area contributed by atoms with E-state index in [-0.39, 0.29) is 0 Å². The molecule has 0 fully saturated rings. The first kappa shape index (κ1) is 14.1. The fourth-order valence-electron chi connectivity index (χ4n) is 1.82. The Morgan fingerprint density at radius 1 is 1.24 bits per heavy atom. The quantitative estimate of drug-likeness (QED) is 0.734. The minimum Gasteiger partial charge on any atom is -0.315 e. The molecule has 0 bridgehead atoms. The zero-order chi connectivity index (χ0) is 12.7. The predicted octanol–water partition coefficient (Wildman–Crippen LogP) is 2.13. The summed E-state index contributed by atoms with van der Waals surface area (Å²) < 4.78 is 0. The Morgan fingerprint density at radius 2 is 2.00 bits per heavy atom. The molecule has 17 heavy (non-hydrogen) atoms. The number of aromatic nitrogens is 1. The van der Waals surface area contributed by atoms with Crippen molar-refractivity contribution in [3.63, 3.8) is 0 Å². The minimum atomic E-state index is 0.979. The molecule has 0 unspecified atom stereocenters. The van der Waals surface area contributed by atoms with Crippen LogP contribution in [0.5, 0.6) is 0 Å². The zero-order valence-corrected chi connectivity index (χ0v) is 11.6. The molecular weight excluding hydrogens is 210 g/mol. The lowest BCUT2D eigenvalue weighted by Crippen LogP contribution is -2.29. The molecule has 0 spiro atoms. The molecular formula is C14H25N3. The summed E-state index contributed by atoms with van der Waals surface area (Å²) in [4.78, 5) is 6.83. The van der Waals surface area contributed by atoms with Crippen LogP contribution in [0.3, 0.4) is 0 Å². The van der Waals surface area contributed by atoms with Gasteiger partial charge in [-0.15, -0.1) is 0 Å². The Morgan fingerprint density at radius 3 is 2.65 bits per heavy atom. The number of pyridine rings is 1. The smallest absolute Gasteiger partial charge is 0.0420 e. The maximum atomic E-state index is 4.49. The van der Waals surface area contributed by atoms with Crippen molar-refractivity contribution in [2.24, 2.45) is 0 Å². The maximum absolute atomic E-state index is 4.49. The first-order valence-electron chi connectivity index (χ1n) is 6.46. The SMILES string of the molecule is CCCNCCN(C)Cc1ccc(C)nc1C. The highest BCUT2D eigenvalue weighted by molar-refractivity contribution is 5.21. The Bertz CT molecular complexity index is 336. The van der Waals surface area contributed by atoms with E-state index in [4.69, 9.17) is 0 Å². The van der Waals surface area contributed by atoms with E-state index < -0.39 is 0 Å².